The molecule has 2 amide bonds. The molecular formula is C19H21ClN2O2. The third-order valence-electron chi connectivity index (χ3n) is 3.86. The van der Waals surface area contributed by atoms with Crippen molar-refractivity contribution >= 4 is 29.1 Å². The summed E-state index contributed by atoms with van der Waals surface area (Å²) in [4.78, 5) is 25.0. The van der Waals surface area contributed by atoms with Crippen molar-refractivity contribution in [2.45, 2.75) is 26.8 Å². The molecule has 24 heavy (non-hydrogen) atoms. The molecule has 0 spiro atoms. The zero-order valence-electron chi connectivity index (χ0n) is 14.0. The molecule has 5 heteroatoms. The lowest BCUT2D eigenvalue weighted by Crippen LogP contribution is -2.45. The molecule has 0 bridgehead atoms. The molecule has 2 aromatic carbocycles. The molecule has 2 aromatic rings. The van der Waals surface area contributed by atoms with Gasteiger partial charge in [-0.25, -0.2) is 0 Å². The topological polar surface area (TPSA) is 58.2 Å². The largest absolute Gasteiger partial charge is 0.349 e. The molecule has 0 saturated heterocycles. The van der Waals surface area contributed by atoms with Gasteiger partial charge in [0.05, 0.1) is 6.04 Å². The summed E-state index contributed by atoms with van der Waals surface area (Å²) < 4.78 is 0. The highest BCUT2D eigenvalue weighted by Crippen LogP contribution is 2.22. The minimum atomic E-state index is -1.22. The van der Waals surface area contributed by atoms with Crippen LogP contribution in [0.25, 0.3) is 0 Å². The van der Waals surface area contributed by atoms with Gasteiger partial charge >= 0.3 is 0 Å². The number of hydrogen-bond acceptors (Lipinski definition) is 2. The van der Waals surface area contributed by atoms with Crippen LogP contribution in [0.2, 0.25) is 5.02 Å². The summed E-state index contributed by atoms with van der Waals surface area (Å²) >= 11 is 5.91. The Kier molecular flexibility index (Phi) is 5.62. The second kappa shape index (κ2) is 7.49. The van der Waals surface area contributed by atoms with Gasteiger partial charge in [-0.15, -0.1) is 0 Å². The summed E-state index contributed by atoms with van der Waals surface area (Å²) in [6, 6.07) is 16.2. The van der Waals surface area contributed by atoms with Gasteiger partial charge in [0.15, 0.2) is 0 Å². The second-order valence-electron chi connectivity index (χ2n) is 6.20. The van der Waals surface area contributed by atoms with Crippen LogP contribution in [0.3, 0.4) is 0 Å². The van der Waals surface area contributed by atoms with Crippen molar-refractivity contribution in [3.8, 4) is 0 Å². The monoisotopic (exact) mass is 344 g/mol. The molecule has 0 saturated carbocycles. The van der Waals surface area contributed by atoms with Crippen LogP contribution in [-0.4, -0.2) is 11.8 Å². The van der Waals surface area contributed by atoms with Gasteiger partial charge in [-0.1, -0.05) is 48.0 Å². The molecule has 2 rings (SSSR count). The molecule has 0 aliphatic carbocycles. The van der Waals surface area contributed by atoms with Gasteiger partial charge in [0.25, 0.3) is 0 Å². The number of carbonyl (C=O) groups is 2. The minimum absolute atomic E-state index is 0.183. The average molecular weight is 345 g/mol. The summed E-state index contributed by atoms with van der Waals surface area (Å²) in [7, 11) is 0. The number of anilines is 1. The Hall–Kier alpha value is -2.33. The van der Waals surface area contributed by atoms with Crippen LogP contribution in [0.5, 0.6) is 0 Å². The standard InChI is InChI=1S/C19H21ClN2O2/c1-13(14-8-5-4-6-9-14)21-17(23)19(2,3)18(24)22-16-11-7-10-15(20)12-16/h4-13H,1-3H3,(H,21,23)(H,22,24). The Bertz CT molecular complexity index is 729. The highest BCUT2D eigenvalue weighted by Gasteiger charge is 2.36. The van der Waals surface area contributed by atoms with E-state index >= 15 is 0 Å². The smallest absolute Gasteiger partial charge is 0.239 e. The Labute approximate surface area is 147 Å². The summed E-state index contributed by atoms with van der Waals surface area (Å²) in [5.41, 5.74) is 0.326. The van der Waals surface area contributed by atoms with Gasteiger partial charge < -0.3 is 10.6 Å². The lowest BCUT2D eigenvalue weighted by molar-refractivity contribution is -0.138. The van der Waals surface area contributed by atoms with Crippen molar-refractivity contribution < 1.29 is 9.59 Å². The SMILES string of the molecule is CC(NC(=O)C(C)(C)C(=O)Nc1cccc(Cl)c1)c1ccccc1. The minimum Gasteiger partial charge on any atom is -0.349 e. The van der Waals surface area contributed by atoms with Gasteiger partial charge in [0.1, 0.15) is 5.41 Å². The maximum atomic E-state index is 12.5. The van der Waals surface area contributed by atoms with Gasteiger partial charge in [-0.05, 0) is 44.5 Å². The van der Waals surface area contributed by atoms with E-state index in [2.05, 4.69) is 10.6 Å². The fourth-order valence-corrected chi connectivity index (χ4v) is 2.35. The molecule has 126 valence electrons. The van der Waals surface area contributed by atoms with E-state index in [1.165, 1.54) is 0 Å². The highest BCUT2D eigenvalue weighted by molar-refractivity contribution is 6.31. The van der Waals surface area contributed by atoms with Gasteiger partial charge in [0.2, 0.25) is 11.8 Å². The van der Waals surface area contributed by atoms with Crippen LogP contribution in [0.4, 0.5) is 5.69 Å². The predicted octanol–water partition coefficient (Wildman–Crippen LogP) is 4.18. The molecule has 1 atom stereocenters. The van der Waals surface area contributed by atoms with E-state index in [9.17, 15) is 9.59 Å². The van der Waals surface area contributed by atoms with Crippen molar-refractivity contribution in [2.75, 3.05) is 5.32 Å². The first-order valence-electron chi connectivity index (χ1n) is 7.73. The molecule has 0 aliphatic rings. The normalized spacial score (nSPS) is 12.3. The third-order valence-corrected chi connectivity index (χ3v) is 4.10. The second-order valence-corrected chi connectivity index (χ2v) is 6.63. The van der Waals surface area contributed by atoms with Crippen molar-refractivity contribution in [1.29, 1.82) is 0 Å². The van der Waals surface area contributed by atoms with Crippen LogP contribution in [0.15, 0.2) is 54.6 Å². The lowest BCUT2D eigenvalue weighted by Gasteiger charge is -2.25. The Morgan fingerprint density at radius 1 is 1.00 bits per heavy atom. The molecule has 2 N–H and O–H groups in total. The number of carbonyl (C=O) groups excluding carboxylic acids is 2. The summed E-state index contributed by atoms with van der Waals surface area (Å²) in [6.07, 6.45) is 0. The number of rotatable bonds is 5. The number of amides is 2. The first-order chi connectivity index (χ1) is 11.3. The molecule has 0 aliphatic heterocycles. The van der Waals surface area contributed by atoms with E-state index in [0.717, 1.165) is 5.56 Å². The van der Waals surface area contributed by atoms with E-state index in [1.54, 1.807) is 38.1 Å². The van der Waals surface area contributed by atoms with Gasteiger partial charge in [-0.2, -0.15) is 0 Å². The maximum absolute atomic E-state index is 12.5. The average Bonchev–Trinajstić information content (AvgIpc) is 2.55. The summed E-state index contributed by atoms with van der Waals surface area (Å²) in [5, 5.41) is 6.14. The van der Waals surface area contributed by atoms with Gasteiger partial charge in [-0.3, -0.25) is 9.59 Å². The molecule has 0 heterocycles. The van der Waals surface area contributed by atoms with Gasteiger partial charge in [0, 0.05) is 10.7 Å². The van der Waals surface area contributed by atoms with Crippen molar-refractivity contribution in [3.05, 3.63) is 65.2 Å². The third kappa shape index (κ3) is 4.36. The highest BCUT2D eigenvalue weighted by atomic mass is 35.5. The summed E-state index contributed by atoms with van der Waals surface area (Å²) in [6.45, 7) is 5.08. The quantitative estimate of drug-likeness (QED) is 0.799. The Morgan fingerprint density at radius 2 is 1.67 bits per heavy atom. The van der Waals surface area contributed by atoms with E-state index in [1.807, 2.05) is 37.3 Å². The molecule has 1 unspecified atom stereocenters. The lowest BCUT2D eigenvalue weighted by atomic mass is 9.90. The fourth-order valence-electron chi connectivity index (χ4n) is 2.16. The van der Waals surface area contributed by atoms with E-state index in [4.69, 9.17) is 11.6 Å². The van der Waals surface area contributed by atoms with Crippen LogP contribution in [0.1, 0.15) is 32.4 Å². The number of benzene rings is 2. The molecule has 0 fully saturated rings. The fraction of sp³-hybridized carbons (Fsp3) is 0.263. The Balaban J connectivity index is 2.05. The molecular weight excluding hydrogens is 324 g/mol. The zero-order chi connectivity index (χ0) is 17.7. The van der Waals surface area contributed by atoms with Crippen molar-refractivity contribution in [3.63, 3.8) is 0 Å². The molecule has 0 aromatic heterocycles. The number of nitrogens with one attached hydrogen (secondary N) is 2. The molecule has 4 nitrogen and oxygen atoms in total. The van der Waals surface area contributed by atoms with Crippen molar-refractivity contribution in [1.82, 2.24) is 5.32 Å². The van der Waals surface area contributed by atoms with Crippen LogP contribution in [-0.2, 0) is 9.59 Å². The van der Waals surface area contributed by atoms with E-state index in [-0.39, 0.29) is 17.9 Å². The first-order valence-corrected chi connectivity index (χ1v) is 8.11. The van der Waals surface area contributed by atoms with E-state index < -0.39 is 5.41 Å². The zero-order valence-corrected chi connectivity index (χ0v) is 14.7. The predicted molar refractivity (Wildman–Crippen MR) is 96.9 cm³/mol. The number of hydrogen-bond donors (Lipinski definition) is 2. The van der Waals surface area contributed by atoms with Crippen LogP contribution in [0, 0.1) is 5.41 Å². The maximum Gasteiger partial charge on any atom is 0.239 e. The summed E-state index contributed by atoms with van der Waals surface area (Å²) in [5.74, 6) is -0.721. The van der Waals surface area contributed by atoms with Crippen LogP contribution < -0.4 is 10.6 Å². The van der Waals surface area contributed by atoms with Crippen LogP contribution >= 0.6 is 11.6 Å². The molecule has 0 radical (unpaired) electrons. The Morgan fingerprint density at radius 3 is 2.29 bits per heavy atom. The number of halogens is 1. The first kappa shape index (κ1) is 18.0. The van der Waals surface area contributed by atoms with E-state index in [0.29, 0.717) is 10.7 Å². The van der Waals surface area contributed by atoms with Crippen molar-refractivity contribution in [2.24, 2.45) is 5.41 Å².